The van der Waals surface area contributed by atoms with Crippen molar-refractivity contribution >= 4 is 17.6 Å². The number of ketones is 1. The zero-order valence-corrected chi connectivity index (χ0v) is 17.6. The second-order valence-corrected chi connectivity index (χ2v) is 7.16. The molecule has 0 spiro atoms. The lowest BCUT2D eigenvalue weighted by Gasteiger charge is -2.28. The Morgan fingerprint density at radius 3 is 2.19 bits per heavy atom. The van der Waals surface area contributed by atoms with E-state index in [1.54, 1.807) is 48.5 Å². The lowest BCUT2D eigenvalue weighted by molar-refractivity contribution is 0.00907. The summed E-state index contributed by atoms with van der Waals surface area (Å²) in [5.74, 6) is 0.570. The van der Waals surface area contributed by atoms with Gasteiger partial charge in [0.15, 0.2) is 11.9 Å². The van der Waals surface area contributed by atoms with Crippen LogP contribution in [0.15, 0.2) is 78.9 Å². The van der Waals surface area contributed by atoms with Crippen molar-refractivity contribution in [1.82, 2.24) is 0 Å². The number of hydrogen-bond donors (Lipinski definition) is 3. The molecule has 0 aliphatic carbocycles. The molecule has 0 aromatic heterocycles. The average molecular weight is 435 g/mol. The minimum atomic E-state index is -0.862. The highest BCUT2D eigenvalue weighted by Gasteiger charge is 2.29. The number of Topliss-reactive ketones (excluding diaryl/α,β-unsaturated/α-hetero) is 1. The van der Waals surface area contributed by atoms with Crippen LogP contribution in [0.2, 0.25) is 0 Å². The molecule has 3 rings (SSSR count). The third-order valence-electron chi connectivity index (χ3n) is 4.78. The molecule has 3 aromatic rings. The zero-order chi connectivity index (χ0) is 22.9. The summed E-state index contributed by atoms with van der Waals surface area (Å²) < 4.78 is 11.7. The van der Waals surface area contributed by atoms with Crippen molar-refractivity contribution in [3.8, 4) is 11.5 Å². The molecule has 0 heterocycles. The third-order valence-corrected chi connectivity index (χ3v) is 4.78. The third kappa shape index (κ3) is 6.33. The van der Waals surface area contributed by atoms with E-state index in [4.69, 9.17) is 9.47 Å². The number of carbonyl (C=O) groups excluding carboxylic acids is 2. The molecule has 166 valence electrons. The van der Waals surface area contributed by atoms with E-state index >= 15 is 0 Å². The Bertz CT molecular complexity index is 1020. The number of benzene rings is 3. The monoisotopic (exact) mass is 435 g/mol. The Hall–Kier alpha value is -3.84. The predicted octanol–water partition coefficient (Wildman–Crippen LogP) is 4.71. The second kappa shape index (κ2) is 11.0. The number of ether oxygens (including phenoxy) is 2. The fourth-order valence-electron chi connectivity index (χ4n) is 3.15. The molecule has 0 aliphatic rings. The number of nitrogens with one attached hydrogen (secondary N) is 1. The summed E-state index contributed by atoms with van der Waals surface area (Å²) in [5, 5.41) is 21.9. The van der Waals surface area contributed by atoms with E-state index in [9.17, 15) is 19.8 Å². The molecule has 0 fully saturated rings. The van der Waals surface area contributed by atoms with Gasteiger partial charge in [0.05, 0.1) is 0 Å². The summed E-state index contributed by atoms with van der Waals surface area (Å²) in [6.07, 6.45) is -2.06. The van der Waals surface area contributed by atoms with Gasteiger partial charge in [0, 0.05) is 24.3 Å². The van der Waals surface area contributed by atoms with Crippen LogP contribution in [0.25, 0.3) is 0 Å². The van der Waals surface area contributed by atoms with Crippen LogP contribution in [-0.4, -0.2) is 34.8 Å². The van der Waals surface area contributed by atoms with Crippen LogP contribution in [0.3, 0.4) is 0 Å². The highest BCUT2D eigenvalue weighted by Crippen LogP contribution is 2.29. The van der Waals surface area contributed by atoms with Gasteiger partial charge in [-0.3, -0.25) is 10.1 Å². The van der Waals surface area contributed by atoms with Crippen LogP contribution < -0.4 is 10.1 Å². The van der Waals surface area contributed by atoms with Gasteiger partial charge in [-0.15, -0.1) is 0 Å². The maximum absolute atomic E-state index is 12.7. The lowest BCUT2D eigenvalue weighted by Crippen LogP contribution is -2.31. The molecule has 2 atom stereocenters. The first-order valence-corrected chi connectivity index (χ1v) is 10.2. The number of aliphatic hydroxyl groups is 1. The topological polar surface area (TPSA) is 105 Å². The maximum atomic E-state index is 12.7. The largest absolute Gasteiger partial charge is 0.508 e. The summed E-state index contributed by atoms with van der Waals surface area (Å²) in [4.78, 5) is 24.1. The molecule has 0 unspecified atom stereocenters. The summed E-state index contributed by atoms with van der Waals surface area (Å²) in [5.41, 5.74) is 1.59. The number of amides is 1. The van der Waals surface area contributed by atoms with E-state index in [1.807, 2.05) is 18.2 Å². The number of carbonyl (C=O) groups is 2. The van der Waals surface area contributed by atoms with Crippen molar-refractivity contribution in [2.45, 2.75) is 25.6 Å². The molecule has 1 amide bonds. The Balaban J connectivity index is 1.81. The Morgan fingerprint density at radius 2 is 1.59 bits per heavy atom. The van der Waals surface area contributed by atoms with E-state index in [2.05, 4.69) is 5.32 Å². The van der Waals surface area contributed by atoms with Crippen molar-refractivity contribution in [2.24, 2.45) is 0 Å². The number of phenols is 1. The molecule has 7 nitrogen and oxygen atoms in total. The zero-order valence-electron chi connectivity index (χ0n) is 17.6. The molecular weight excluding hydrogens is 410 g/mol. The Kier molecular flexibility index (Phi) is 7.83. The van der Waals surface area contributed by atoms with Crippen LogP contribution in [0.1, 0.15) is 35.4 Å². The van der Waals surface area contributed by atoms with Gasteiger partial charge in [0.2, 0.25) is 0 Å². The van der Waals surface area contributed by atoms with Crippen LogP contribution in [0.5, 0.6) is 11.5 Å². The van der Waals surface area contributed by atoms with Crippen LogP contribution in [-0.2, 0) is 4.74 Å². The maximum Gasteiger partial charge on any atom is 0.412 e. The van der Waals surface area contributed by atoms with E-state index in [1.165, 1.54) is 19.1 Å². The first-order valence-electron chi connectivity index (χ1n) is 10.2. The fourth-order valence-corrected chi connectivity index (χ4v) is 3.15. The number of aliphatic hydroxyl groups excluding tert-OH is 1. The number of phenolic OH excluding ortho intramolecular Hbond substituents is 1. The van der Waals surface area contributed by atoms with Gasteiger partial charge >= 0.3 is 6.09 Å². The first kappa shape index (κ1) is 22.8. The standard InChI is InChI=1S/C25H25NO6/c1-17(28)18-7-11-20(12-8-18)26-25(30)32-24(19-9-13-21(29)14-10-19)23(15-16-27)31-22-5-3-2-4-6-22/h2-14,23-24,27,29H,15-16H2,1H3,(H,26,30)/t23-,24-/m1/s1. The van der Waals surface area contributed by atoms with Crippen LogP contribution in [0, 0.1) is 0 Å². The molecule has 0 bridgehead atoms. The van der Waals surface area contributed by atoms with E-state index in [0.29, 0.717) is 22.6 Å². The number of hydrogen-bond acceptors (Lipinski definition) is 6. The van der Waals surface area contributed by atoms with Gasteiger partial charge in [-0.05, 0) is 61.0 Å². The van der Waals surface area contributed by atoms with Gasteiger partial charge in [-0.2, -0.15) is 0 Å². The average Bonchev–Trinajstić information content (AvgIpc) is 2.79. The summed E-state index contributed by atoms with van der Waals surface area (Å²) in [6, 6.07) is 21.7. The molecule has 0 saturated heterocycles. The number of para-hydroxylation sites is 1. The lowest BCUT2D eigenvalue weighted by atomic mass is 10.0. The van der Waals surface area contributed by atoms with Gasteiger partial charge in [0.1, 0.15) is 17.6 Å². The normalized spacial score (nSPS) is 12.4. The van der Waals surface area contributed by atoms with Gasteiger partial charge in [-0.1, -0.05) is 30.3 Å². The van der Waals surface area contributed by atoms with E-state index in [-0.39, 0.29) is 24.6 Å². The first-order chi connectivity index (χ1) is 15.5. The molecule has 0 saturated carbocycles. The fraction of sp³-hybridized carbons (Fsp3) is 0.200. The van der Waals surface area contributed by atoms with Gasteiger partial charge < -0.3 is 19.7 Å². The molecular formula is C25H25NO6. The highest BCUT2D eigenvalue weighted by atomic mass is 16.6. The van der Waals surface area contributed by atoms with Gasteiger partial charge in [-0.25, -0.2) is 4.79 Å². The Morgan fingerprint density at radius 1 is 0.938 bits per heavy atom. The highest BCUT2D eigenvalue weighted by molar-refractivity contribution is 5.95. The predicted molar refractivity (Wildman–Crippen MR) is 120 cm³/mol. The Labute approximate surface area is 186 Å². The minimum Gasteiger partial charge on any atom is -0.508 e. The molecule has 7 heteroatoms. The molecule has 32 heavy (non-hydrogen) atoms. The summed E-state index contributed by atoms with van der Waals surface area (Å²) in [7, 11) is 0. The van der Waals surface area contributed by atoms with Crippen molar-refractivity contribution in [1.29, 1.82) is 0 Å². The van der Waals surface area contributed by atoms with E-state index in [0.717, 1.165) is 0 Å². The van der Waals surface area contributed by atoms with E-state index < -0.39 is 18.3 Å². The number of rotatable bonds is 9. The summed E-state index contributed by atoms with van der Waals surface area (Å²) in [6.45, 7) is 1.29. The number of anilines is 1. The van der Waals surface area contributed by atoms with Crippen LogP contribution >= 0.6 is 0 Å². The molecule has 0 aliphatic heterocycles. The quantitative estimate of drug-likeness (QED) is 0.420. The molecule has 3 N–H and O–H groups in total. The van der Waals surface area contributed by atoms with Crippen LogP contribution in [0.4, 0.5) is 10.5 Å². The number of aromatic hydroxyl groups is 1. The van der Waals surface area contributed by atoms with Crippen molar-refractivity contribution in [3.05, 3.63) is 90.0 Å². The van der Waals surface area contributed by atoms with Gasteiger partial charge in [0.25, 0.3) is 0 Å². The van der Waals surface area contributed by atoms with Crippen molar-refractivity contribution in [2.75, 3.05) is 11.9 Å². The molecule has 0 radical (unpaired) electrons. The molecule has 3 aromatic carbocycles. The smallest absolute Gasteiger partial charge is 0.412 e. The SMILES string of the molecule is CC(=O)c1ccc(NC(=O)O[C@H](c2ccc(O)cc2)[C@@H](CCO)Oc2ccccc2)cc1. The summed E-state index contributed by atoms with van der Waals surface area (Å²) >= 11 is 0. The van der Waals surface area contributed by atoms with Crippen molar-refractivity contribution in [3.63, 3.8) is 0 Å². The van der Waals surface area contributed by atoms with Crippen molar-refractivity contribution < 1.29 is 29.3 Å². The minimum absolute atomic E-state index is 0.0728. The second-order valence-electron chi connectivity index (χ2n) is 7.16.